The highest BCUT2D eigenvalue weighted by Gasteiger charge is 2.18. The molecule has 0 spiro atoms. The summed E-state index contributed by atoms with van der Waals surface area (Å²) in [4.78, 5) is 29.6. The molecule has 2 aromatic heterocycles. The summed E-state index contributed by atoms with van der Waals surface area (Å²) in [6, 6.07) is 12.9. The standard InChI is InChI=1S/C22H19FN6O2/c23-16-3-6-19-15(11-16)12-18(21(30)25-19)20-13-29(27-26-20)17-4-1-14(2-5-17)22(31)28-9-7-24-8-10-28/h1-6,11-13,24H,7-10H2,(H,25,30). The number of pyridine rings is 1. The topological polar surface area (TPSA) is 95.9 Å². The van der Waals surface area contributed by atoms with E-state index in [9.17, 15) is 14.0 Å². The molecule has 5 rings (SSSR count). The van der Waals surface area contributed by atoms with Gasteiger partial charge in [0.2, 0.25) is 0 Å². The number of fused-ring (bicyclic) bond motifs is 1. The number of piperazine rings is 1. The molecule has 0 unspecified atom stereocenters. The first-order valence-corrected chi connectivity index (χ1v) is 9.94. The van der Waals surface area contributed by atoms with Crippen molar-refractivity contribution in [3.8, 4) is 16.9 Å². The lowest BCUT2D eigenvalue weighted by Crippen LogP contribution is -2.46. The number of hydrogen-bond acceptors (Lipinski definition) is 5. The van der Waals surface area contributed by atoms with Crippen molar-refractivity contribution in [3.05, 3.63) is 76.5 Å². The Morgan fingerprint density at radius 1 is 1.03 bits per heavy atom. The van der Waals surface area contributed by atoms with Crippen LogP contribution in [0, 0.1) is 5.82 Å². The van der Waals surface area contributed by atoms with E-state index in [0.29, 0.717) is 46.5 Å². The van der Waals surface area contributed by atoms with Crippen molar-refractivity contribution in [1.29, 1.82) is 0 Å². The van der Waals surface area contributed by atoms with Gasteiger partial charge in [0, 0.05) is 42.6 Å². The van der Waals surface area contributed by atoms with Crippen molar-refractivity contribution in [2.45, 2.75) is 0 Å². The van der Waals surface area contributed by atoms with Gasteiger partial charge in [-0.05, 0) is 48.5 Å². The lowest BCUT2D eigenvalue weighted by molar-refractivity contribution is 0.0736. The number of carbonyl (C=O) groups is 1. The predicted molar refractivity (Wildman–Crippen MR) is 114 cm³/mol. The van der Waals surface area contributed by atoms with Crippen LogP contribution in [0.3, 0.4) is 0 Å². The summed E-state index contributed by atoms with van der Waals surface area (Å²) < 4.78 is 15.1. The molecule has 1 aliphatic heterocycles. The maximum atomic E-state index is 13.6. The summed E-state index contributed by atoms with van der Waals surface area (Å²) in [5.41, 5.74) is 2.21. The molecule has 0 bridgehead atoms. The largest absolute Gasteiger partial charge is 0.336 e. The minimum Gasteiger partial charge on any atom is -0.336 e. The number of aromatic nitrogens is 4. The number of rotatable bonds is 3. The van der Waals surface area contributed by atoms with Crippen molar-refractivity contribution in [1.82, 2.24) is 30.2 Å². The third kappa shape index (κ3) is 3.71. The number of carbonyl (C=O) groups excluding carboxylic acids is 1. The molecule has 156 valence electrons. The summed E-state index contributed by atoms with van der Waals surface area (Å²) in [5, 5.41) is 12.0. The van der Waals surface area contributed by atoms with Crippen LogP contribution in [-0.4, -0.2) is 57.0 Å². The average Bonchev–Trinajstić information content (AvgIpc) is 3.29. The van der Waals surface area contributed by atoms with Gasteiger partial charge in [-0.1, -0.05) is 5.21 Å². The summed E-state index contributed by atoms with van der Waals surface area (Å²) in [6.45, 7) is 2.98. The summed E-state index contributed by atoms with van der Waals surface area (Å²) in [6.07, 6.45) is 1.63. The molecule has 1 fully saturated rings. The minimum atomic E-state index is -0.385. The zero-order valence-electron chi connectivity index (χ0n) is 16.5. The highest BCUT2D eigenvalue weighted by atomic mass is 19.1. The molecule has 9 heteroatoms. The van der Waals surface area contributed by atoms with E-state index in [2.05, 4.69) is 20.6 Å². The monoisotopic (exact) mass is 418 g/mol. The molecular weight excluding hydrogens is 399 g/mol. The van der Waals surface area contributed by atoms with Crippen LogP contribution in [0.1, 0.15) is 10.4 Å². The number of nitrogens with one attached hydrogen (secondary N) is 2. The third-order valence-corrected chi connectivity index (χ3v) is 5.36. The van der Waals surface area contributed by atoms with Gasteiger partial charge in [-0.15, -0.1) is 5.10 Å². The lowest BCUT2D eigenvalue weighted by Gasteiger charge is -2.27. The normalized spacial score (nSPS) is 14.2. The molecule has 2 N–H and O–H groups in total. The number of aromatic amines is 1. The molecule has 0 radical (unpaired) electrons. The SMILES string of the molecule is O=C(c1ccc(-n2cc(-c3cc4cc(F)ccc4[nH]c3=O)nn2)cc1)N1CCNCC1. The Labute approximate surface area is 176 Å². The maximum Gasteiger partial charge on any atom is 0.258 e. The summed E-state index contributed by atoms with van der Waals surface area (Å²) in [7, 11) is 0. The van der Waals surface area contributed by atoms with Crippen LogP contribution in [-0.2, 0) is 0 Å². The highest BCUT2D eigenvalue weighted by Crippen LogP contribution is 2.20. The molecule has 8 nitrogen and oxygen atoms in total. The van der Waals surface area contributed by atoms with E-state index in [1.54, 1.807) is 36.5 Å². The Kier molecular flexibility index (Phi) is 4.79. The molecule has 2 aromatic carbocycles. The van der Waals surface area contributed by atoms with E-state index in [4.69, 9.17) is 0 Å². The van der Waals surface area contributed by atoms with Crippen LogP contribution in [0.25, 0.3) is 27.8 Å². The zero-order valence-corrected chi connectivity index (χ0v) is 16.5. The van der Waals surface area contributed by atoms with E-state index in [0.717, 1.165) is 13.1 Å². The Balaban J connectivity index is 1.42. The fourth-order valence-corrected chi connectivity index (χ4v) is 3.69. The van der Waals surface area contributed by atoms with Crippen molar-refractivity contribution in [2.75, 3.05) is 26.2 Å². The fraction of sp³-hybridized carbons (Fsp3) is 0.182. The first kappa shape index (κ1) is 19.1. The molecule has 3 heterocycles. The van der Waals surface area contributed by atoms with E-state index in [1.807, 2.05) is 4.90 Å². The number of H-pyrrole nitrogens is 1. The van der Waals surface area contributed by atoms with Gasteiger partial charge in [0.25, 0.3) is 11.5 Å². The van der Waals surface area contributed by atoms with Crippen LogP contribution < -0.4 is 10.9 Å². The molecule has 1 amide bonds. The van der Waals surface area contributed by atoms with Crippen molar-refractivity contribution in [2.24, 2.45) is 0 Å². The van der Waals surface area contributed by atoms with Gasteiger partial charge in [0.1, 0.15) is 11.5 Å². The van der Waals surface area contributed by atoms with Gasteiger partial charge in [-0.25, -0.2) is 9.07 Å². The summed E-state index contributed by atoms with van der Waals surface area (Å²) >= 11 is 0. The van der Waals surface area contributed by atoms with Crippen LogP contribution in [0.2, 0.25) is 0 Å². The second kappa shape index (κ2) is 7.77. The average molecular weight is 418 g/mol. The van der Waals surface area contributed by atoms with Crippen molar-refractivity contribution < 1.29 is 9.18 Å². The third-order valence-electron chi connectivity index (χ3n) is 5.36. The van der Waals surface area contributed by atoms with Gasteiger partial charge in [-0.2, -0.15) is 0 Å². The van der Waals surface area contributed by atoms with Gasteiger partial charge in [-0.3, -0.25) is 9.59 Å². The van der Waals surface area contributed by atoms with Gasteiger partial charge in [0.05, 0.1) is 17.4 Å². The van der Waals surface area contributed by atoms with Crippen LogP contribution in [0.5, 0.6) is 0 Å². The Morgan fingerprint density at radius 2 is 1.81 bits per heavy atom. The number of benzene rings is 2. The smallest absolute Gasteiger partial charge is 0.258 e. The van der Waals surface area contributed by atoms with E-state index in [1.165, 1.54) is 22.9 Å². The molecule has 4 aromatic rings. The number of halogens is 1. The van der Waals surface area contributed by atoms with Gasteiger partial charge < -0.3 is 15.2 Å². The van der Waals surface area contributed by atoms with Crippen LogP contribution >= 0.6 is 0 Å². The molecule has 0 atom stereocenters. The highest BCUT2D eigenvalue weighted by molar-refractivity contribution is 5.94. The first-order valence-electron chi connectivity index (χ1n) is 9.94. The Morgan fingerprint density at radius 3 is 2.58 bits per heavy atom. The number of amides is 1. The van der Waals surface area contributed by atoms with E-state index in [-0.39, 0.29) is 17.3 Å². The van der Waals surface area contributed by atoms with E-state index >= 15 is 0 Å². The lowest BCUT2D eigenvalue weighted by atomic mass is 10.1. The van der Waals surface area contributed by atoms with Crippen molar-refractivity contribution >= 4 is 16.8 Å². The zero-order chi connectivity index (χ0) is 21.4. The Hall–Kier alpha value is -3.85. The fourth-order valence-electron chi connectivity index (χ4n) is 3.69. The van der Waals surface area contributed by atoms with Crippen LogP contribution in [0.4, 0.5) is 4.39 Å². The van der Waals surface area contributed by atoms with Gasteiger partial charge in [0.15, 0.2) is 0 Å². The van der Waals surface area contributed by atoms with Crippen molar-refractivity contribution in [3.63, 3.8) is 0 Å². The molecule has 0 aliphatic carbocycles. The molecule has 1 aliphatic rings. The quantitative estimate of drug-likeness (QED) is 0.530. The Bertz CT molecular complexity index is 1320. The first-order chi connectivity index (χ1) is 15.1. The minimum absolute atomic E-state index is 0.00209. The summed E-state index contributed by atoms with van der Waals surface area (Å²) in [5.74, 6) is -0.383. The number of hydrogen-bond donors (Lipinski definition) is 2. The maximum absolute atomic E-state index is 13.6. The second-order valence-corrected chi connectivity index (χ2v) is 7.38. The molecular formula is C22H19FN6O2. The predicted octanol–water partition coefficient (Wildman–Crippen LogP) is 1.96. The van der Waals surface area contributed by atoms with E-state index < -0.39 is 0 Å². The second-order valence-electron chi connectivity index (χ2n) is 7.38. The molecule has 31 heavy (non-hydrogen) atoms. The van der Waals surface area contributed by atoms with Crippen LogP contribution in [0.15, 0.2) is 59.5 Å². The molecule has 0 saturated carbocycles. The number of nitrogens with zero attached hydrogens (tertiary/aromatic N) is 4. The van der Waals surface area contributed by atoms with Gasteiger partial charge >= 0.3 is 0 Å². The molecule has 1 saturated heterocycles.